The second-order valence-electron chi connectivity index (χ2n) is 7.35. The molecular weight excluding hydrogens is 372 g/mol. The standard InChI is InChI=1S/C21H20N4O4/c26-20-16-4-2-1-3-15(16)19(22-23-20)21(27)25-9-7-24(8-10-25)12-14-5-6-17-18(11-14)29-13-28-17/h1-6,11H,7-10,12-13H2,(H,23,26)/p+1. The lowest BCUT2D eigenvalue weighted by molar-refractivity contribution is -0.917. The third-order valence-corrected chi connectivity index (χ3v) is 5.55. The Hall–Kier alpha value is -3.39. The van der Waals surface area contributed by atoms with Crippen molar-refractivity contribution in [3.05, 3.63) is 64.1 Å². The molecular formula is C21H21N4O4+. The van der Waals surface area contributed by atoms with Gasteiger partial charge in [0.1, 0.15) is 6.54 Å². The summed E-state index contributed by atoms with van der Waals surface area (Å²) >= 11 is 0. The molecule has 1 fully saturated rings. The van der Waals surface area contributed by atoms with Crippen LogP contribution in [0.2, 0.25) is 0 Å². The van der Waals surface area contributed by atoms with E-state index in [2.05, 4.69) is 16.3 Å². The van der Waals surface area contributed by atoms with Crippen molar-refractivity contribution in [2.45, 2.75) is 6.54 Å². The predicted octanol–water partition coefficient (Wildman–Crippen LogP) is 0.193. The lowest BCUT2D eigenvalue weighted by Gasteiger charge is -2.32. The van der Waals surface area contributed by atoms with Gasteiger partial charge in [0.25, 0.3) is 11.5 Å². The first-order valence-corrected chi connectivity index (χ1v) is 9.68. The number of carbonyl (C=O) groups is 1. The van der Waals surface area contributed by atoms with Gasteiger partial charge >= 0.3 is 0 Å². The fourth-order valence-electron chi connectivity index (χ4n) is 3.97. The smallest absolute Gasteiger partial charge is 0.275 e. The number of ether oxygens (including phenoxy) is 2. The zero-order valence-electron chi connectivity index (χ0n) is 15.8. The fourth-order valence-corrected chi connectivity index (χ4v) is 3.97. The Morgan fingerprint density at radius 3 is 2.66 bits per heavy atom. The number of hydrogen-bond donors (Lipinski definition) is 2. The Morgan fingerprint density at radius 2 is 1.83 bits per heavy atom. The Bertz CT molecular complexity index is 1130. The lowest BCUT2D eigenvalue weighted by Crippen LogP contribution is -3.13. The summed E-state index contributed by atoms with van der Waals surface area (Å²) < 4.78 is 10.8. The number of quaternary nitrogens is 1. The van der Waals surface area contributed by atoms with Gasteiger partial charge in [0.05, 0.1) is 31.6 Å². The second kappa shape index (κ2) is 7.21. The number of nitrogens with one attached hydrogen (secondary N) is 2. The van der Waals surface area contributed by atoms with Gasteiger partial charge < -0.3 is 19.3 Å². The first-order valence-electron chi connectivity index (χ1n) is 9.68. The molecule has 1 amide bonds. The van der Waals surface area contributed by atoms with Crippen molar-refractivity contribution in [2.75, 3.05) is 33.0 Å². The van der Waals surface area contributed by atoms with Gasteiger partial charge in [0, 0.05) is 10.9 Å². The number of rotatable bonds is 3. The Kier molecular flexibility index (Phi) is 4.40. The highest BCUT2D eigenvalue weighted by molar-refractivity contribution is 6.04. The molecule has 8 heteroatoms. The number of amides is 1. The van der Waals surface area contributed by atoms with Gasteiger partial charge in [-0.3, -0.25) is 9.59 Å². The quantitative estimate of drug-likeness (QED) is 0.663. The van der Waals surface area contributed by atoms with Crippen LogP contribution >= 0.6 is 0 Å². The van der Waals surface area contributed by atoms with Crippen LogP contribution in [0.3, 0.4) is 0 Å². The number of carbonyl (C=O) groups excluding carboxylic acids is 1. The van der Waals surface area contributed by atoms with E-state index in [0.717, 1.165) is 31.1 Å². The summed E-state index contributed by atoms with van der Waals surface area (Å²) in [6.07, 6.45) is 0. The molecule has 3 heterocycles. The topological polar surface area (TPSA) is 89.0 Å². The van der Waals surface area contributed by atoms with E-state index in [1.165, 1.54) is 10.5 Å². The number of H-pyrrole nitrogens is 1. The van der Waals surface area contributed by atoms with Crippen LogP contribution in [0.5, 0.6) is 11.5 Å². The van der Waals surface area contributed by atoms with Crippen molar-refractivity contribution in [3.63, 3.8) is 0 Å². The maximum absolute atomic E-state index is 13.0. The summed E-state index contributed by atoms with van der Waals surface area (Å²) in [5.74, 6) is 1.45. The molecule has 29 heavy (non-hydrogen) atoms. The second-order valence-corrected chi connectivity index (χ2v) is 7.35. The Labute approximate surface area is 166 Å². The molecule has 2 aromatic carbocycles. The molecule has 0 aliphatic carbocycles. The van der Waals surface area contributed by atoms with Crippen molar-refractivity contribution < 1.29 is 19.2 Å². The van der Waals surface area contributed by atoms with Crippen LogP contribution in [-0.2, 0) is 6.54 Å². The zero-order valence-corrected chi connectivity index (χ0v) is 15.8. The van der Waals surface area contributed by atoms with E-state index in [-0.39, 0.29) is 18.3 Å². The third kappa shape index (κ3) is 3.31. The molecule has 1 saturated heterocycles. The first-order chi connectivity index (χ1) is 14.2. The van der Waals surface area contributed by atoms with E-state index in [9.17, 15) is 9.59 Å². The van der Waals surface area contributed by atoms with Gasteiger partial charge in [-0.2, -0.15) is 5.10 Å². The highest BCUT2D eigenvalue weighted by atomic mass is 16.7. The van der Waals surface area contributed by atoms with Gasteiger partial charge in [-0.1, -0.05) is 18.2 Å². The van der Waals surface area contributed by atoms with Gasteiger partial charge in [-0.15, -0.1) is 0 Å². The summed E-state index contributed by atoms with van der Waals surface area (Å²) in [6.45, 7) is 4.14. The van der Waals surface area contributed by atoms with Crippen LogP contribution in [0.25, 0.3) is 10.8 Å². The Morgan fingerprint density at radius 1 is 1.07 bits per heavy atom. The summed E-state index contributed by atoms with van der Waals surface area (Å²) in [6, 6.07) is 13.1. The van der Waals surface area contributed by atoms with Crippen molar-refractivity contribution in [1.82, 2.24) is 15.1 Å². The van der Waals surface area contributed by atoms with Crippen molar-refractivity contribution in [2.24, 2.45) is 0 Å². The molecule has 5 rings (SSSR count). The number of aromatic nitrogens is 2. The number of benzene rings is 2. The maximum atomic E-state index is 13.0. The largest absolute Gasteiger partial charge is 0.454 e. The van der Waals surface area contributed by atoms with Crippen molar-refractivity contribution in [1.29, 1.82) is 0 Å². The molecule has 0 radical (unpaired) electrons. The number of aromatic amines is 1. The monoisotopic (exact) mass is 393 g/mol. The van der Waals surface area contributed by atoms with E-state index in [1.807, 2.05) is 23.1 Å². The summed E-state index contributed by atoms with van der Waals surface area (Å²) in [7, 11) is 0. The molecule has 2 aliphatic rings. The van der Waals surface area contributed by atoms with E-state index in [4.69, 9.17) is 9.47 Å². The maximum Gasteiger partial charge on any atom is 0.275 e. The minimum atomic E-state index is -0.282. The molecule has 148 valence electrons. The van der Waals surface area contributed by atoms with E-state index in [1.54, 1.807) is 18.2 Å². The highest BCUT2D eigenvalue weighted by Gasteiger charge is 2.27. The van der Waals surface area contributed by atoms with Crippen LogP contribution in [0, 0.1) is 0 Å². The number of fused-ring (bicyclic) bond motifs is 2. The Balaban J connectivity index is 1.27. The molecule has 2 N–H and O–H groups in total. The molecule has 3 aromatic rings. The molecule has 2 aliphatic heterocycles. The van der Waals surface area contributed by atoms with Gasteiger partial charge in [0.15, 0.2) is 17.2 Å². The number of nitrogens with zero attached hydrogens (tertiary/aromatic N) is 2. The average Bonchev–Trinajstić information content (AvgIpc) is 3.22. The summed E-state index contributed by atoms with van der Waals surface area (Å²) in [5.41, 5.74) is 1.21. The van der Waals surface area contributed by atoms with Crippen LogP contribution in [0.4, 0.5) is 0 Å². The number of hydrogen-bond acceptors (Lipinski definition) is 5. The SMILES string of the molecule is O=C(c1n[nH]c(=O)c2ccccc12)N1CC[NH+](Cc2ccc3c(c2)OCO3)CC1. The third-order valence-electron chi connectivity index (χ3n) is 5.55. The highest BCUT2D eigenvalue weighted by Crippen LogP contribution is 2.32. The predicted molar refractivity (Wildman–Crippen MR) is 105 cm³/mol. The fraction of sp³-hybridized carbons (Fsp3) is 0.286. The summed E-state index contributed by atoms with van der Waals surface area (Å²) in [4.78, 5) is 28.2. The zero-order chi connectivity index (χ0) is 19.8. The normalized spacial score (nSPS) is 16.3. The summed E-state index contributed by atoms with van der Waals surface area (Å²) in [5, 5.41) is 7.56. The van der Waals surface area contributed by atoms with Crippen LogP contribution < -0.4 is 19.9 Å². The molecule has 1 aromatic heterocycles. The molecule has 0 spiro atoms. The lowest BCUT2D eigenvalue weighted by atomic mass is 10.1. The van der Waals surface area contributed by atoms with Gasteiger partial charge in [0.2, 0.25) is 6.79 Å². The molecule has 0 bridgehead atoms. The van der Waals surface area contributed by atoms with Crippen LogP contribution in [0.15, 0.2) is 47.3 Å². The van der Waals surface area contributed by atoms with Gasteiger partial charge in [-0.05, 0) is 24.3 Å². The minimum absolute atomic E-state index is 0.139. The molecule has 0 atom stereocenters. The van der Waals surface area contributed by atoms with Gasteiger partial charge in [-0.25, -0.2) is 5.10 Å². The molecule has 0 saturated carbocycles. The van der Waals surface area contributed by atoms with Crippen molar-refractivity contribution in [3.8, 4) is 11.5 Å². The van der Waals surface area contributed by atoms with E-state index < -0.39 is 0 Å². The minimum Gasteiger partial charge on any atom is -0.454 e. The van der Waals surface area contributed by atoms with E-state index in [0.29, 0.717) is 29.6 Å². The average molecular weight is 393 g/mol. The number of piperazine rings is 1. The van der Waals surface area contributed by atoms with Crippen molar-refractivity contribution >= 4 is 16.7 Å². The first kappa shape index (κ1) is 17.7. The molecule has 8 nitrogen and oxygen atoms in total. The van der Waals surface area contributed by atoms with Crippen LogP contribution in [0.1, 0.15) is 16.1 Å². The van der Waals surface area contributed by atoms with E-state index >= 15 is 0 Å². The molecule has 0 unspecified atom stereocenters. The van der Waals surface area contributed by atoms with Crippen LogP contribution in [-0.4, -0.2) is 54.0 Å².